The average molecular weight is 459 g/mol. The van der Waals surface area contributed by atoms with Crippen LogP contribution in [0.4, 0.5) is 0 Å². The van der Waals surface area contributed by atoms with Crippen molar-refractivity contribution in [1.29, 1.82) is 0 Å². The van der Waals surface area contributed by atoms with Gasteiger partial charge < -0.3 is 9.47 Å². The molecule has 34 heavy (non-hydrogen) atoms. The lowest BCUT2D eigenvalue weighted by Gasteiger charge is -2.33. The summed E-state index contributed by atoms with van der Waals surface area (Å²) in [6.45, 7) is 14.3. The molecule has 0 aliphatic carbocycles. The highest BCUT2D eigenvalue weighted by atomic mass is 16.5. The van der Waals surface area contributed by atoms with Crippen LogP contribution in [0.1, 0.15) is 78.0 Å². The fourth-order valence-electron chi connectivity index (χ4n) is 3.92. The Kier molecular flexibility index (Phi) is 7.55. The average Bonchev–Trinajstić information content (AvgIpc) is 2.84. The van der Waals surface area contributed by atoms with Gasteiger partial charge in [0.2, 0.25) is 0 Å². The number of ether oxygens (including phenoxy) is 2. The van der Waals surface area contributed by atoms with Crippen LogP contribution in [0.15, 0.2) is 78.9 Å². The normalized spacial score (nSPS) is 13.7. The fraction of sp³-hybridized carbons (Fsp3) is 0.387. The van der Waals surface area contributed by atoms with Gasteiger partial charge in [-0.2, -0.15) is 0 Å². The van der Waals surface area contributed by atoms with Gasteiger partial charge in [0.25, 0.3) is 0 Å². The molecule has 0 saturated heterocycles. The molecule has 0 aliphatic heterocycles. The summed E-state index contributed by atoms with van der Waals surface area (Å²) in [5.41, 5.74) is 2.38. The summed E-state index contributed by atoms with van der Waals surface area (Å²) in [6.07, 6.45) is 1.91. The minimum Gasteiger partial charge on any atom is -0.488 e. The zero-order valence-corrected chi connectivity index (χ0v) is 21.6. The predicted molar refractivity (Wildman–Crippen MR) is 140 cm³/mol. The second-order valence-corrected chi connectivity index (χ2v) is 10.4. The van der Waals surface area contributed by atoms with E-state index >= 15 is 0 Å². The van der Waals surface area contributed by atoms with Gasteiger partial charge in [-0.15, -0.1) is 0 Å². The number of carbonyl (C=O) groups is 1. The van der Waals surface area contributed by atoms with Crippen molar-refractivity contribution < 1.29 is 14.3 Å². The summed E-state index contributed by atoms with van der Waals surface area (Å²) < 4.78 is 11.9. The van der Waals surface area contributed by atoms with Gasteiger partial charge >= 0.3 is 5.97 Å². The number of esters is 1. The first kappa shape index (κ1) is 25.6. The number of carbonyl (C=O) groups excluding carboxylic acids is 1. The Labute approximate surface area is 205 Å². The summed E-state index contributed by atoms with van der Waals surface area (Å²) in [6, 6.07) is 26.8. The van der Waals surface area contributed by atoms with Crippen LogP contribution in [0.5, 0.6) is 11.5 Å². The molecule has 0 bridgehead atoms. The van der Waals surface area contributed by atoms with Crippen LogP contribution in [0.3, 0.4) is 0 Å². The molecule has 180 valence electrons. The largest absolute Gasteiger partial charge is 0.488 e. The molecule has 1 atom stereocenters. The second-order valence-electron chi connectivity index (χ2n) is 10.4. The van der Waals surface area contributed by atoms with Crippen molar-refractivity contribution in [3.05, 3.63) is 95.6 Å². The van der Waals surface area contributed by atoms with Gasteiger partial charge in [0.15, 0.2) is 0 Å². The Bertz CT molecular complexity index is 1070. The molecule has 3 rings (SSSR count). The van der Waals surface area contributed by atoms with Crippen LogP contribution in [-0.2, 0) is 10.2 Å². The van der Waals surface area contributed by atoms with Crippen LogP contribution in [-0.4, -0.2) is 11.6 Å². The lowest BCUT2D eigenvalue weighted by molar-refractivity contribution is -0.143. The molecular weight excluding hydrogens is 420 g/mol. The van der Waals surface area contributed by atoms with Crippen molar-refractivity contribution in [2.24, 2.45) is 5.41 Å². The molecule has 0 heterocycles. The maximum atomic E-state index is 12.3. The third kappa shape index (κ3) is 5.52. The molecule has 0 fully saturated rings. The van der Waals surface area contributed by atoms with Crippen molar-refractivity contribution in [1.82, 2.24) is 0 Å². The van der Waals surface area contributed by atoms with Crippen molar-refractivity contribution in [3.8, 4) is 11.5 Å². The maximum Gasteiger partial charge on any atom is 0.316 e. The first-order valence-electron chi connectivity index (χ1n) is 12.2. The molecule has 3 heteroatoms. The van der Waals surface area contributed by atoms with Gasteiger partial charge in [0, 0.05) is 5.41 Å². The molecule has 0 aliphatic rings. The number of hydrogen-bond donors (Lipinski definition) is 0. The van der Waals surface area contributed by atoms with E-state index in [4.69, 9.17) is 9.47 Å². The molecule has 0 spiro atoms. The SMILES string of the molecule is CCC(C)(CC)Oc1ccc(C(C)(c2ccccc2)c2ccc(OC(=O)C(C)(C)C)cc2)cc1. The molecule has 0 amide bonds. The lowest BCUT2D eigenvalue weighted by atomic mass is 9.71. The quantitative estimate of drug-likeness (QED) is 0.195. The number of rotatable bonds is 8. The van der Waals surface area contributed by atoms with Gasteiger partial charge in [0.1, 0.15) is 17.1 Å². The van der Waals surface area contributed by atoms with E-state index in [2.05, 4.69) is 76.2 Å². The topological polar surface area (TPSA) is 35.5 Å². The first-order chi connectivity index (χ1) is 16.0. The summed E-state index contributed by atoms with van der Waals surface area (Å²) >= 11 is 0. The minimum absolute atomic E-state index is 0.162. The standard InChI is InChI=1S/C31H38O3/c1-8-30(6,9-2)34-27-21-17-25(18-22-27)31(7,23-13-11-10-12-14-23)24-15-19-26(20-16-24)33-28(32)29(3,4)5/h10-22H,8-9H2,1-7H3. The highest BCUT2D eigenvalue weighted by Gasteiger charge is 2.32. The molecule has 0 radical (unpaired) electrons. The predicted octanol–water partition coefficient (Wildman–Crippen LogP) is 7.95. The van der Waals surface area contributed by atoms with Crippen molar-refractivity contribution in [3.63, 3.8) is 0 Å². The zero-order chi connectivity index (χ0) is 25.0. The van der Waals surface area contributed by atoms with Gasteiger partial charge in [-0.1, -0.05) is 68.4 Å². The third-order valence-corrected chi connectivity index (χ3v) is 6.90. The Hall–Kier alpha value is -3.07. The van der Waals surface area contributed by atoms with E-state index in [9.17, 15) is 4.79 Å². The van der Waals surface area contributed by atoms with E-state index in [-0.39, 0.29) is 17.0 Å². The van der Waals surface area contributed by atoms with Crippen LogP contribution in [0.2, 0.25) is 0 Å². The van der Waals surface area contributed by atoms with Crippen LogP contribution in [0, 0.1) is 5.41 Å². The molecule has 0 aromatic heterocycles. The third-order valence-electron chi connectivity index (χ3n) is 6.90. The maximum absolute atomic E-state index is 12.3. The van der Waals surface area contributed by atoms with E-state index in [1.54, 1.807) is 0 Å². The molecule has 0 N–H and O–H groups in total. The lowest BCUT2D eigenvalue weighted by Crippen LogP contribution is -2.30. The van der Waals surface area contributed by atoms with E-state index in [1.165, 1.54) is 11.1 Å². The number of hydrogen-bond acceptors (Lipinski definition) is 3. The molecular formula is C31H38O3. The number of benzene rings is 3. The molecule has 1 unspecified atom stereocenters. The monoisotopic (exact) mass is 458 g/mol. The van der Waals surface area contributed by atoms with Gasteiger partial charge in [-0.05, 0) is 88.4 Å². The van der Waals surface area contributed by atoms with Gasteiger partial charge in [0.05, 0.1) is 5.41 Å². The Morgan fingerprint density at radius 3 is 1.53 bits per heavy atom. The van der Waals surface area contributed by atoms with Crippen molar-refractivity contribution >= 4 is 5.97 Å². The van der Waals surface area contributed by atoms with Crippen molar-refractivity contribution in [2.75, 3.05) is 0 Å². The summed E-state index contributed by atoms with van der Waals surface area (Å²) in [7, 11) is 0. The molecule has 3 aromatic rings. The van der Waals surface area contributed by atoms with Gasteiger partial charge in [-0.25, -0.2) is 0 Å². The Balaban J connectivity index is 1.98. The summed E-state index contributed by atoms with van der Waals surface area (Å²) in [4.78, 5) is 12.3. The highest BCUT2D eigenvalue weighted by molar-refractivity contribution is 5.77. The summed E-state index contributed by atoms with van der Waals surface area (Å²) in [5, 5.41) is 0. The van der Waals surface area contributed by atoms with Crippen LogP contribution >= 0.6 is 0 Å². The first-order valence-corrected chi connectivity index (χ1v) is 12.2. The van der Waals surface area contributed by atoms with E-state index < -0.39 is 5.41 Å². The smallest absolute Gasteiger partial charge is 0.316 e. The second kappa shape index (κ2) is 10.0. The Morgan fingerprint density at radius 1 is 0.647 bits per heavy atom. The van der Waals surface area contributed by atoms with Crippen molar-refractivity contribution in [2.45, 2.75) is 72.3 Å². The highest BCUT2D eigenvalue weighted by Crippen LogP contribution is 2.40. The van der Waals surface area contributed by atoms with Gasteiger partial charge in [-0.3, -0.25) is 4.79 Å². The molecule has 3 aromatic carbocycles. The summed E-state index contributed by atoms with van der Waals surface area (Å²) in [5.74, 6) is 1.20. The van der Waals surface area contributed by atoms with E-state index in [0.29, 0.717) is 5.75 Å². The fourth-order valence-corrected chi connectivity index (χ4v) is 3.92. The zero-order valence-electron chi connectivity index (χ0n) is 21.6. The molecule has 0 saturated carbocycles. The van der Waals surface area contributed by atoms with Crippen LogP contribution < -0.4 is 9.47 Å². The van der Waals surface area contributed by atoms with E-state index in [0.717, 1.165) is 24.2 Å². The Morgan fingerprint density at radius 2 is 1.09 bits per heavy atom. The van der Waals surface area contributed by atoms with E-state index in [1.807, 2.05) is 51.1 Å². The molecule has 3 nitrogen and oxygen atoms in total. The minimum atomic E-state index is -0.549. The van der Waals surface area contributed by atoms with Crippen LogP contribution in [0.25, 0.3) is 0 Å².